The van der Waals surface area contributed by atoms with Gasteiger partial charge in [0.1, 0.15) is 35.9 Å². The van der Waals surface area contributed by atoms with E-state index in [1.165, 1.54) is 29.1 Å². The average Bonchev–Trinajstić information content (AvgIpc) is 3.93. The molecule has 68 heavy (non-hydrogen) atoms. The fourth-order valence-electron chi connectivity index (χ4n) is 9.92. The molecule has 0 radical (unpaired) electrons. The van der Waals surface area contributed by atoms with E-state index < -0.39 is 51.0 Å². The van der Waals surface area contributed by atoms with Crippen LogP contribution in [0.5, 0.6) is 11.5 Å². The van der Waals surface area contributed by atoms with Gasteiger partial charge in [-0.2, -0.15) is 18.0 Å². The molecule has 5 aliphatic rings. The van der Waals surface area contributed by atoms with Gasteiger partial charge in [0.15, 0.2) is 11.6 Å². The summed E-state index contributed by atoms with van der Waals surface area (Å²) in [6.07, 6.45) is 2.81. The maximum absolute atomic E-state index is 15.2. The third kappa shape index (κ3) is 8.84. The molecule has 5 aromatic rings. The molecule has 4 aromatic carbocycles. The Balaban J connectivity index is 0.734. The number of rotatable bonds is 11. The van der Waals surface area contributed by atoms with Gasteiger partial charge in [0.25, 0.3) is 11.5 Å². The van der Waals surface area contributed by atoms with Gasteiger partial charge >= 0.3 is 10.2 Å². The van der Waals surface area contributed by atoms with Crippen LogP contribution in [0.4, 0.5) is 25.8 Å². The van der Waals surface area contributed by atoms with Crippen molar-refractivity contribution in [1.82, 2.24) is 29.0 Å². The predicted octanol–water partition coefficient (Wildman–Crippen LogP) is 4.69. The summed E-state index contributed by atoms with van der Waals surface area (Å²) in [5.74, 6) is -1.78. The van der Waals surface area contributed by atoms with E-state index >= 15 is 4.39 Å². The lowest BCUT2D eigenvalue weighted by Crippen LogP contribution is -2.52. The molecule has 10 rings (SSSR count). The summed E-state index contributed by atoms with van der Waals surface area (Å²) in [5, 5.41) is 12.5. The van der Waals surface area contributed by atoms with Crippen LogP contribution >= 0.6 is 0 Å². The van der Waals surface area contributed by atoms with Gasteiger partial charge in [-0.05, 0) is 104 Å². The van der Waals surface area contributed by atoms with Crippen LogP contribution in [0.15, 0.2) is 83.9 Å². The van der Waals surface area contributed by atoms with Gasteiger partial charge < -0.3 is 19.4 Å². The lowest BCUT2D eigenvalue weighted by molar-refractivity contribution is -0.136. The highest BCUT2D eigenvalue weighted by Crippen LogP contribution is 2.36. The highest BCUT2D eigenvalue weighted by Gasteiger charge is 2.40. The lowest BCUT2D eigenvalue weighted by Gasteiger charge is -2.40. The minimum atomic E-state index is -4.24. The number of aromatic nitrogens is 2. The number of imide groups is 1. The number of piperidine rings is 2. The molecular formula is C48H48F2N10O7S. The number of carbonyl (C=O) groups excluding carboxylic acids is 3. The molecule has 0 aliphatic carbocycles. The number of hydrogen-bond acceptors (Lipinski definition) is 12. The summed E-state index contributed by atoms with van der Waals surface area (Å²) < 4.78 is 65.2. The highest BCUT2D eigenvalue weighted by molar-refractivity contribution is 7.90. The zero-order chi connectivity index (χ0) is 47.3. The maximum atomic E-state index is 15.2. The molecule has 352 valence electrons. The third-order valence-corrected chi connectivity index (χ3v) is 15.2. The Labute approximate surface area is 390 Å². The monoisotopic (exact) mass is 946 g/mol. The standard InChI is InChI=1S/C48H48F2N10O7S/c49-32-15-18-58(28-32)68(65,66)54-42-10-8-40(50)45(39(42)25-51)67-36-7-9-41-38(24-36)48(64)60(29-52-41)34-5-3-33(4-6-34)57-21-19-55(20-22-57)26-30-13-16-56(17-14-30)35-2-1-31-27-59(47(63)37(31)23-35)43-11-12-44(61)53-46(43)62/h1-10,23-24,29-30,32,43,54H,11-22,26-28H2,(H,53,61,62)/t32-,43?/m1/s1. The topological polar surface area (TPSA) is 194 Å². The van der Waals surface area contributed by atoms with Gasteiger partial charge in [-0.15, -0.1) is 0 Å². The second-order valence-corrected chi connectivity index (χ2v) is 19.6. The van der Waals surface area contributed by atoms with Gasteiger partial charge in [0, 0.05) is 88.8 Å². The fraction of sp³-hybridized carbons (Fsp3) is 0.375. The molecule has 2 atom stereocenters. The molecule has 20 heteroatoms. The van der Waals surface area contributed by atoms with Gasteiger partial charge in [0.05, 0.1) is 22.3 Å². The van der Waals surface area contributed by atoms with Crippen molar-refractivity contribution in [3.8, 4) is 23.3 Å². The van der Waals surface area contributed by atoms with Crippen LogP contribution in [0.2, 0.25) is 0 Å². The van der Waals surface area contributed by atoms with Gasteiger partial charge in [-0.3, -0.25) is 38.7 Å². The van der Waals surface area contributed by atoms with Crippen molar-refractivity contribution in [2.75, 3.05) is 73.4 Å². The van der Waals surface area contributed by atoms with E-state index in [0.717, 1.165) is 92.0 Å². The van der Waals surface area contributed by atoms with E-state index in [1.807, 2.05) is 36.4 Å². The molecule has 0 bridgehead atoms. The van der Waals surface area contributed by atoms with Crippen LogP contribution in [0.3, 0.4) is 0 Å². The second-order valence-electron chi connectivity index (χ2n) is 17.9. The molecule has 4 saturated heterocycles. The number of carbonyl (C=O) groups is 3. The van der Waals surface area contributed by atoms with Crippen LogP contribution in [-0.2, 0) is 26.3 Å². The molecule has 0 saturated carbocycles. The Morgan fingerprint density at radius 3 is 2.29 bits per heavy atom. The lowest BCUT2D eigenvalue weighted by atomic mass is 9.95. The van der Waals surface area contributed by atoms with Crippen molar-refractivity contribution >= 4 is 55.9 Å². The van der Waals surface area contributed by atoms with Crippen molar-refractivity contribution in [3.63, 3.8) is 0 Å². The molecule has 17 nitrogen and oxygen atoms in total. The van der Waals surface area contributed by atoms with Crippen molar-refractivity contribution in [1.29, 1.82) is 5.26 Å². The van der Waals surface area contributed by atoms with Gasteiger partial charge in [0.2, 0.25) is 11.8 Å². The maximum Gasteiger partial charge on any atom is 0.301 e. The first-order valence-corrected chi connectivity index (χ1v) is 24.2. The van der Waals surface area contributed by atoms with Gasteiger partial charge in [-0.1, -0.05) is 6.07 Å². The number of ether oxygens (including phenoxy) is 1. The minimum Gasteiger partial charge on any atom is -0.453 e. The largest absolute Gasteiger partial charge is 0.453 e. The first-order chi connectivity index (χ1) is 32.8. The molecule has 2 N–H and O–H groups in total. The molecule has 3 amide bonds. The smallest absolute Gasteiger partial charge is 0.301 e. The quantitative estimate of drug-likeness (QED) is 0.174. The zero-order valence-electron chi connectivity index (χ0n) is 36.9. The summed E-state index contributed by atoms with van der Waals surface area (Å²) >= 11 is 0. The average molecular weight is 947 g/mol. The molecule has 1 aromatic heterocycles. The Morgan fingerprint density at radius 1 is 0.838 bits per heavy atom. The minimum absolute atomic E-state index is 0.0146. The van der Waals surface area contributed by atoms with E-state index in [0.29, 0.717) is 35.7 Å². The number of nitrogens with one attached hydrogen (secondary N) is 2. The van der Waals surface area contributed by atoms with Crippen molar-refractivity contribution in [2.45, 2.75) is 50.9 Å². The molecule has 0 spiro atoms. The Morgan fingerprint density at radius 2 is 1.57 bits per heavy atom. The first kappa shape index (κ1) is 44.9. The summed E-state index contributed by atoms with van der Waals surface area (Å²) in [6.45, 7) is 6.31. The van der Waals surface area contributed by atoms with Gasteiger partial charge in [-0.25, -0.2) is 13.8 Å². The van der Waals surface area contributed by atoms with E-state index in [4.69, 9.17) is 4.74 Å². The van der Waals surface area contributed by atoms with E-state index in [1.54, 1.807) is 11.0 Å². The number of nitrogens with zero attached hydrogens (tertiary/aromatic N) is 8. The second kappa shape index (κ2) is 18.3. The summed E-state index contributed by atoms with van der Waals surface area (Å²) in [6, 6.07) is 21.3. The number of piperazine rings is 1. The molecule has 6 heterocycles. The van der Waals surface area contributed by atoms with Crippen LogP contribution in [0.25, 0.3) is 16.6 Å². The number of hydrogen-bond donors (Lipinski definition) is 2. The highest BCUT2D eigenvalue weighted by atomic mass is 32.2. The van der Waals surface area contributed by atoms with Crippen LogP contribution in [0, 0.1) is 23.1 Å². The number of nitriles is 1. The van der Waals surface area contributed by atoms with Crippen molar-refractivity contribution in [3.05, 3.63) is 112 Å². The summed E-state index contributed by atoms with van der Waals surface area (Å²) in [4.78, 5) is 64.6. The van der Waals surface area contributed by atoms with E-state index in [9.17, 15) is 37.2 Å². The molecule has 4 fully saturated rings. The van der Waals surface area contributed by atoms with E-state index in [2.05, 4.69) is 35.8 Å². The number of halogens is 2. The number of amides is 3. The number of alkyl halides is 1. The number of anilines is 3. The number of benzene rings is 4. The predicted molar refractivity (Wildman–Crippen MR) is 248 cm³/mol. The normalized spacial score (nSPS) is 20.7. The Bertz CT molecular complexity index is 3040. The SMILES string of the molecule is N#Cc1c(NS(=O)(=O)N2CC[C@@H](F)C2)ccc(F)c1Oc1ccc2ncn(-c3ccc(N4CCN(CC5CCN(c6ccc7c(c6)C(=O)N(C6CCC(=O)NC6=O)C7)CC5)CC4)cc3)c(=O)c2c1. The summed E-state index contributed by atoms with van der Waals surface area (Å²) in [5.41, 5.74) is 3.43. The fourth-order valence-corrected chi connectivity index (χ4v) is 11.2. The molecule has 5 aliphatic heterocycles. The molecular weight excluding hydrogens is 899 g/mol. The summed E-state index contributed by atoms with van der Waals surface area (Å²) in [7, 11) is -4.24. The Kier molecular flexibility index (Phi) is 12.1. The van der Waals surface area contributed by atoms with Crippen LogP contribution in [-0.4, -0.2) is 121 Å². The van der Waals surface area contributed by atoms with E-state index in [-0.39, 0.29) is 54.6 Å². The molecule has 1 unspecified atom stereocenters. The van der Waals surface area contributed by atoms with Crippen molar-refractivity contribution in [2.24, 2.45) is 5.92 Å². The zero-order valence-corrected chi connectivity index (χ0v) is 37.8. The van der Waals surface area contributed by atoms with Crippen molar-refractivity contribution < 1.29 is 36.3 Å². The Hall–Kier alpha value is -6.95. The first-order valence-electron chi connectivity index (χ1n) is 22.8. The third-order valence-electron chi connectivity index (χ3n) is 13.7. The number of fused-ring (bicyclic) bond motifs is 2. The van der Waals surface area contributed by atoms with Crippen LogP contribution in [0.1, 0.15) is 53.6 Å². The van der Waals surface area contributed by atoms with Crippen LogP contribution < -0.4 is 30.1 Å².